The SMILES string of the molecule is CCN(N)C(=O)O.Cc1ccccc1. The first kappa shape index (κ1) is 12.4. The number of carboxylic acid groups (broad SMARTS) is 1. The molecule has 0 heterocycles. The number of rotatable bonds is 1. The number of carbonyl (C=O) groups is 1. The van der Waals surface area contributed by atoms with E-state index >= 15 is 0 Å². The van der Waals surface area contributed by atoms with Crippen molar-refractivity contribution in [1.29, 1.82) is 0 Å². The quantitative estimate of drug-likeness (QED) is 0.409. The van der Waals surface area contributed by atoms with Gasteiger partial charge in [0.05, 0.1) is 0 Å². The zero-order chi connectivity index (χ0) is 11.0. The fraction of sp³-hybridized carbons (Fsp3) is 0.300. The van der Waals surface area contributed by atoms with E-state index < -0.39 is 6.09 Å². The molecule has 0 aromatic heterocycles. The molecule has 4 nitrogen and oxygen atoms in total. The minimum absolute atomic E-state index is 0.329. The van der Waals surface area contributed by atoms with E-state index in [1.165, 1.54) is 5.56 Å². The predicted molar refractivity (Wildman–Crippen MR) is 55.8 cm³/mol. The molecule has 4 heteroatoms. The summed E-state index contributed by atoms with van der Waals surface area (Å²) in [4.78, 5) is 9.73. The summed E-state index contributed by atoms with van der Waals surface area (Å²) in [5.74, 6) is 4.85. The number of nitrogens with zero attached hydrogens (tertiary/aromatic N) is 1. The molecular formula is C10H16N2O2. The molecule has 14 heavy (non-hydrogen) atoms. The van der Waals surface area contributed by atoms with Crippen molar-refractivity contribution < 1.29 is 9.90 Å². The molecule has 0 aliphatic heterocycles. The minimum Gasteiger partial charge on any atom is -0.464 e. The monoisotopic (exact) mass is 196 g/mol. The number of benzene rings is 1. The first-order valence-corrected chi connectivity index (χ1v) is 4.34. The molecule has 78 valence electrons. The van der Waals surface area contributed by atoms with Gasteiger partial charge in [-0.15, -0.1) is 0 Å². The normalized spacial score (nSPS) is 8.50. The summed E-state index contributed by atoms with van der Waals surface area (Å²) in [5, 5.41) is 8.69. The van der Waals surface area contributed by atoms with Crippen LogP contribution in [0.1, 0.15) is 12.5 Å². The lowest BCUT2D eigenvalue weighted by molar-refractivity contribution is 0.148. The molecule has 0 saturated carbocycles. The highest BCUT2D eigenvalue weighted by Crippen LogP contribution is 1.92. The lowest BCUT2D eigenvalue weighted by Crippen LogP contribution is -2.35. The first-order chi connectivity index (χ1) is 6.57. The number of hydrazine groups is 1. The van der Waals surface area contributed by atoms with Crippen LogP contribution in [0.15, 0.2) is 30.3 Å². The van der Waals surface area contributed by atoms with Gasteiger partial charge in [0.15, 0.2) is 0 Å². The van der Waals surface area contributed by atoms with Gasteiger partial charge in [-0.25, -0.2) is 15.6 Å². The summed E-state index contributed by atoms with van der Waals surface area (Å²) in [7, 11) is 0. The number of amides is 1. The number of nitrogens with two attached hydrogens (primary N) is 1. The molecule has 0 fully saturated rings. The summed E-state index contributed by atoms with van der Waals surface area (Å²) in [5.41, 5.74) is 1.32. The molecule has 0 unspecified atom stereocenters. The van der Waals surface area contributed by atoms with Crippen molar-refractivity contribution >= 4 is 6.09 Å². The molecule has 1 aromatic carbocycles. The smallest absolute Gasteiger partial charge is 0.421 e. The van der Waals surface area contributed by atoms with Crippen LogP contribution in [0.25, 0.3) is 0 Å². The number of hydrogen-bond donors (Lipinski definition) is 2. The summed E-state index contributed by atoms with van der Waals surface area (Å²) < 4.78 is 0. The zero-order valence-corrected chi connectivity index (χ0v) is 8.47. The predicted octanol–water partition coefficient (Wildman–Crippen LogP) is 1.86. The maximum Gasteiger partial charge on any atom is 0.421 e. The van der Waals surface area contributed by atoms with Gasteiger partial charge in [0.1, 0.15) is 0 Å². The summed E-state index contributed by atoms with van der Waals surface area (Å²) in [6, 6.07) is 10.3. The molecule has 1 amide bonds. The summed E-state index contributed by atoms with van der Waals surface area (Å²) in [6.45, 7) is 4.07. The Morgan fingerprint density at radius 2 is 1.93 bits per heavy atom. The van der Waals surface area contributed by atoms with Crippen molar-refractivity contribution in [3.63, 3.8) is 0 Å². The highest BCUT2D eigenvalue weighted by molar-refractivity contribution is 5.63. The maximum absolute atomic E-state index is 9.73. The van der Waals surface area contributed by atoms with Crippen LogP contribution in [0, 0.1) is 6.92 Å². The summed E-state index contributed by atoms with van der Waals surface area (Å²) >= 11 is 0. The lowest BCUT2D eigenvalue weighted by Gasteiger charge is -2.06. The third kappa shape index (κ3) is 6.02. The Balaban J connectivity index is 0.000000241. The number of hydrogen-bond acceptors (Lipinski definition) is 2. The second-order valence-electron chi connectivity index (χ2n) is 2.72. The van der Waals surface area contributed by atoms with Crippen LogP contribution < -0.4 is 5.84 Å². The Morgan fingerprint density at radius 1 is 1.43 bits per heavy atom. The van der Waals surface area contributed by atoms with Gasteiger partial charge < -0.3 is 5.11 Å². The molecular weight excluding hydrogens is 180 g/mol. The second kappa shape index (κ2) is 6.91. The highest BCUT2D eigenvalue weighted by Gasteiger charge is 1.98. The fourth-order valence-corrected chi connectivity index (χ4v) is 0.670. The van der Waals surface area contributed by atoms with Crippen LogP contribution in [0.3, 0.4) is 0 Å². The second-order valence-corrected chi connectivity index (χ2v) is 2.72. The average Bonchev–Trinajstić information content (AvgIpc) is 2.18. The van der Waals surface area contributed by atoms with Gasteiger partial charge in [0, 0.05) is 6.54 Å². The zero-order valence-electron chi connectivity index (χ0n) is 8.47. The van der Waals surface area contributed by atoms with Crippen molar-refractivity contribution in [2.75, 3.05) is 6.54 Å². The van der Waals surface area contributed by atoms with Gasteiger partial charge in [0.2, 0.25) is 0 Å². The van der Waals surface area contributed by atoms with Crippen molar-refractivity contribution in [2.45, 2.75) is 13.8 Å². The van der Waals surface area contributed by atoms with Crippen molar-refractivity contribution in [3.8, 4) is 0 Å². The minimum atomic E-state index is -1.09. The third-order valence-corrected chi connectivity index (χ3v) is 1.53. The standard InChI is InChI=1S/C7H8.C3H8N2O2/c1-7-5-3-2-4-6-7;1-2-5(4)3(6)7/h2-6H,1H3;2,4H2,1H3,(H,6,7). The Kier molecular flexibility index (Phi) is 6.15. The van der Waals surface area contributed by atoms with E-state index in [0.29, 0.717) is 11.6 Å². The third-order valence-electron chi connectivity index (χ3n) is 1.53. The van der Waals surface area contributed by atoms with E-state index in [9.17, 15) is 4.79 Å². The van der Waals surface area contributed by atoms with Gasteiger partial charge in [-0.3, -0.25) is 0 Å². The first-order valence-electron chi connectivity index (χ1n) is 4.34. The molecule has 0 saturated heterocycles. The van der Waals surface area contributed by atoms with E-state index in [0.717, 1.165) is 0 Å². The molecule has 0 aliphatic rings. The van der Waals surface area contributed by atoms with Gasteiger partial charge in [0.25, 0.3) is 0 Å². The van der Waals surface area contributed by atoms with E-state index in [1.807, 2.05) is 18.2 Å². The molecule has 0 atom stereocenters. The Bertz CT molecular complexity index is 262. The highest BCUT2D eigenvalue weighted by atomic mass is 16.4. The molecule has 0 aliphatic carbocycles. The lowest BCUT2D eigenvalue weighted by atomic mass is 10.2. The van der Waals surface area contributed by atoms with Crippen LogP contribution in [0.2, 0.25) is 0 Å². The Hall–Kier alpha value is -1.55. The van der Waals surface area contributed by atoms with E-state index in [4.69, 9.17) is 10.9 Å². The van der Waals surface area contributed by atoms with Crippen LogP contribution in [0.5, 0.6) is 0 Å². The van der Waals surface area contributed by atoms with Gasteiger partial charge in [-0.1, -0.05) is 35.9 Å². The van der Waals surface area contributed by atoms with Gasteiger partial charge in [-0.05, 0) is 13.8 Å². The largest absolute Gasteiger partial charge is 0.464 e. The van der Waals surface area contributed by atoms with Crippen LogP contribution >= 0.6 is 0 Å². The number of aryl methyl sites for hydroxylation is 1. The van der Waals surface area contributed by atoms with E-state index in [1.54, 1.807) is 6.92 Å². The molecule has 3 N–H and O–H groups in total. The molecule has 0 radical (unpaired) electrons. The Labute approximate surface area is 83.9 Å². The molecule has 1 aromatic rings. The van der Waals surface area contributed by atoms with Crippen molar-refractivity contribution in [1.82, 2.24) is 5.01 Å². The van der Waals surface area contributed by atoms with E-state index in [-0.39, 0.29) is 0 Å². The van der Waals surface area contributed by atoms with Crippen LogP contribution in [-0.2, 0) is 0 Å². The topological polar surface area (TPSA) is 66.6 Å². The fourth-order valence-electron chi connectivity index (χ4n) is 0.670. The van der Waals surface area contributed by atoms with Gasteiger partial charge in [-0.2, -0.15) is 0 Å². The summed E-state index contributed by atoms with van der Waals surface area (Å²) in [6.07, 6.45) is -1.09. The Morgan fingerprint density at radius 3 is 2.07 bits per heavy atom. The molecule has 1 rings (SSSR count). The van der Waals surface area contributed by atoms with Crippen LogP contribution in [0.4, 0.5) is 4.79 Å². The van der Waals surface area contributed by atoms with Crippen molar-refractivity contribution in [3.05, 3.63) is 35.9 Å². The van der Waals surface area contributed by atoms with E-state index in [2.05, 4.69) is 19.1 Å². The average molecular weight is 196 g/mol. The van der Waals surface area contributed by atoms with Gasteiger partial charge >= 0.3 is 6.09 Å². The molecule has 0 bridgehead atoms. The maximum atomic E-state index is 9.73. The van der Waals surface area contributed by atoms with Crippen LogP contribution in [-0.4, -0.2) is 22.8 Å². The van der Waals surface area contributed by atoms with Crippen molar-refractivity contribution in [2.24, 2.45) is 5.84 Å². The molecule has 0 spiro atoms.